The normalized spacial score (nSPS) is 18.5. The zero-order chi connectivity index (χ0) is 21.8. The van der Waals surface area contributed by atoms with Crippen molar-refractivity contribution in [3.05, 3.63) is 46.7 Å². The summed E-state index contributed by atoms with van der Waals surface area (Å²) < 4.78 is 17.6. The minimum atomic E-state index is -0.396. The number of nitrogens with one attached hydrogen (secondary N) is 1. The summed E-state index contributed by atoms with van der Waals surface area (Å²) in [5, 5.41) is 5.45. The number of benzene rings is 1. The summed E-state index contributed by atoms with van der Waals surface area (Å²) in [6.45, 7) is 6.01. The van der Waals surface area contributed by atoms with Gasteiger partial charge >= 0.3 is 5.97 Å². The van der Waals surface area contributed by atoms with Gasteiger partial charge in [-0.05, 0) is 76.0 Å². The van der Waals surface area contributed by atoms with E-state index in [4.69, 9.17) is 13.9 Å². The van der Waals surface area contributed by atoms with Crippen molar-refractivity contribution >= 4 is 16.9 Å². The van der Waals surface area contributed by atoms with Gasteiger partial charge in [-0.3, -0.25) is 5.43 Å². The smallest absolute Gasteiger partial charge is 0.332 e. The van der Waals surface area contributed by atoms with Gasteiger partial charge in [0.2, 0.25) is 5.55 Å². The maximum Gasteiger partial charge on any atom is 0.332 e. The first kappa shape index (κ1) is 21.5. The first-order valence-electron chi connectivity index (χ1n) is 11.5. The maximum atomic E-state index is 11.6. The molecule has 0 radical (unpaired) electrons. The molecular formula is C25H32N2O4. The second-order valence-electron chi connectivity index (χ2n) is 8.57. The van der Waals surface area contributed by atoms with Crippen molar-refractivity contribution in [3.8, 4) is 5.75 Å². The van der Waals surface area contributed by atoms with Gasteiger partial charge < -0.3 is 13.9 Å². The molecule has 0 atom stereocenters. The van der Waals surface area contributed by atoms with Crippen molar-refractivity contribution < 1.29 is 18.7 Å². The van der Waals surface area contributed by atoms with Crippen molar-refractivity contribution in [1.29, 1.82) is 0 Å². The highest BCUT2D eigenvalue weighted by atomic mass is 16.5. The molecule has 1 spiro atoms. The molecule has 6 heteroatoms. The molecule has 1 N–H and O–H groups in total. The number of allylic oxidation sites excluding steroid dienone is 1. The van der Waals surface area contributed by atoms with E-state index >= 15 is 0 Å². The van der Waals surface area contributed by atoms with Gasteiger partial charge in [-0.1, -0.05) is 13.3 Å². The zero-order valence-electron chi connectivity index (χ0n) is 18.8. The van der Waals surface area contributed by atoms with Crippen LogP contribution in [0.1, 0.15) is 70.4 Å². The van der Waals surface area contributed by atoms with Crippen LogP contribution in [0.2, 0.25) is 0 Å². The van der Waals surface area contributed by atoms with Gasteiger partial charge in [0, 0.05) is 29.3 Å². The van der Waals surface area contributed by atoms with Crippen LogP contribution in [-0.4, -0.2) is 18.2 Å². The molecule has 0 bridgehead atoms. The quantitative estimate of drug-likeness (QED) is 0.420. The van der Waals surface area contributed by atoms with Gasteiger partial charge in [-0.2, -0.15) is 0 Å². The van der Waals surface area contributed by atoms with Gasteiger partial charge in [0.25, 0.3) is 0 Å². The van der Waals surface area contributed by atoms with Gasteiger partial charge in [-0.15, -0.1) is 5.10 Å². The zero-order valence-corrected chi connectivity index (χ0v) is 18.8. The molecular weight excluding hydrogens is 392 g/mol. The Hall–Kier alpha value is -2.76. The van der Waals surface area contributed by atoms with Crippen LogP contribution in [0.3, 0.4) is 0 Å². The van der Waals surface area contributed by atoms with Crippen molar-refractivity contribution in [2.75, 3.05) is 6.61 Å². The first-order chi connectivity index (χ1) is 15.0. The minimum Gasteiger partial charge on any atom is -0.487 e. The number of carbonyl (C=O) groups excluding carboxylic acids is 1. The number of hydrogen-bond donors (Lipinski definition) is 1. The Morgan fingerprint density at radius 2 is 2.00 bits per heavy atom. The topological polar surface area (TPSA) is 73.1 Å². The number of hydrogen-bond acceptors (Lipinski definition) is 6. The second kappa shape index (κ2) is 9.16. The first-order valence-corrected chi connectivity index (χ1v) is 11.5. The molecule has 4 rings (SSSR count). The van der Waals surface area contributed by atoms with Crippen molar-refractivity contribution in [1.82, 2.24) is 5.43 Å². The lowest BCUT2D eigenvalue weighted by molar-refractivity contribution is -0.137. The molecule has 1 aromatic heterocycles. The summed E-state index contributed by atoms with van der Waals surface area (Å²) in [6, 6.07) is 6.22. The molecule has 1 saturated carbocycles. The largest absolute Gasteiger partial charge is 0.487 e. The Kier molecular flexibility index (Phi) is 6.35. The molecule has 2 aliphatic rings. The Bertz CT molecular complexity index is 1060. The highest BCUT2D eigenvalue weighted by molar-refractivity contribution is 5.83. The van der Waals surface area contributed by atoms with Crippen LogP contribution in [0.5, 0.6) is 5.75 Å². The van der Waals surface area contributed by atoms with Crippen LogP contribution in [-0.2, 0) is 22.4 Å². The van der Waals surface area contributed by atoms with Crippen LogP contribution in [0.15, 0.2) is 39.5 Å². The molecule has 0 saturated heterocycles. The summed E-state index contributed by atoms with van der Waals surface area (Å²) in [5.41, 5.74) is 7.14. The van der Waals surface area contributed by atoms with Gasteiger partial charge in [0.1, 0.15) is 16.9 Å². The van der Waals surface area contributed by atoms with Gasteiger partial charge in [0.05, 0.1) is 6.61 Å². The minimum absolute atomic E-state index is 0.00502. The molecule has 166 valence electrons. The molecule has 31 heavy (non-hydrogen) atoms. The van der Waals surface area contributed by atoms with Gasteiger partial charge in [0.15, 0.2) is 0 Å². The Morgan fingerprint density at radius 1 is 1.19 bits per heavy atom. The fourth-order valence-corrected chi connectivity index (χ4v) is 4.68. The van der Waals surface area contributed by atoms with Crippen LogP contribution in [0.25, 0.3) is 11.0 Å². The lowest BCUT2D eigenvalue weighted by atomic mass is 9.79. The Labute approximate surface area is 183 Å². The molecule has 1 aliphatic carbocycles. The molecule has 1 aliphatic heterocycles. The number of rotatable bonds is 5. The van der Waals surface area contributed by atoms with Crippen LogP contribution in [0.4, 0.5) is 0 Å². The molecule has 1 aromatic carbocycles. The number of nitrogens with zero attached hydrogens (tertiary/aromatic N) is 1. The molecule has 0 unspecified atom stereocenters. The summed E-state index contributed by atoms with van der Waals surface area (Å²) in [4.78, 5) is 11.6. The predicted molar refractivity (Wildman–Crippen MR) is 119 cm³/mol. The number of carbonyl (C=O) groups is 1. The molecule has 2 aromatic rings. The third-order valence-corrected chi connectivity index (χ3v) is 6.31. The number of aryl methyl sites for hydroxylation is 2. The van der Waals surface area contributed by atoms with E-state index in [1.807, 2.05) is 12.1 Å². The molecule has 2 heterocycles. The molecule has 0 amide bonds. The Morgan fingerprint density at radius 3 is 2.74 bits per heavy atom. The Balaban J connectivity index is 1.66. The van der Waals surface area contributed by atoms with Crippen LogP contribution in [0, 0.1) is 0 Å². The van der Waals surface area contributed by atoms with E-state index in [1.54, 1.807) is 13.8 Å². The van der Waals surface area contributed by atoms with E-state index in [0.29, 0.717) is 17.9 Å². The lowest BCUT2D eigenvalue weighted by Gasteiger charge is -2.41. The monoisotopic (exact) mass is 424 g/mol. The fraction of sp³-hybridized carbons (Fsp3) is 0.520. The van der Waals surface area contributed by atoms with Crippen molar-refractivity contribution in [3.63, 3.8) is 0 Å². The van der Waals surface area contributed by atoms with Crippen LogP contribution < -0.4 is 15.7 Å². The van der Waals surface area contributed by atoms with Gasteiger partial charge in [-0.25, -0.2) is 4.79 Å². The number of ether oxygens (including phenoxy) is 2. The third kappa shape index (κ3) is 4.78. The average molecular weight is 425 g/mol. The van der Waals surface area contributed by atoms with Crippen LogP contribution >= 0.6 is 0 Å². The van der Waals surface area contributed by atoms with E-state index < -0.39 is 5.97 Å². The molecule has 1 fully saturated rings. The van der Waals surface area contributed by atoms with E-state index in [2.05, 4.69) is 23.5 Å². The lowest BCUT2D eigenvalue weighted by Crippen LogP contribution is -2.41. The summed E-state index contributed by atoms with van der Waals surface area (Å²) in [6.07, 6.45) is 10.5. The van der Waals surface area contributed by atoms with Crippen molar-refractivity contribution in [2.45, 2.75) is 77.7 Å². The maximum absolute atomic E-state index is 11.6. The summed E-state index contributed by atoms with van der Waals surface area (Å²) in [7, 11) is 0. The molecule has 6 nitrogen and oxygen atoms in total. The van der Waals surface area contributed by atoms with E-state index in [9.17, 15) is 4.79 Å². The third-order valence-electron chi connectivity index (χ3n) is 6.31. The summed E-state index contributed by atoms with van der Waals surface area (Å²) in [5.74, 6) is 0.558. The standard InChI is InChI=1S/C25H32N2O4/c1-4-18-15-23(27-26-17(3)13-24(28)29-5-2)30-22-16-21-19(14-20(18)22)9-12-25(31-21)10-7-6-8-11-25/h13-16,26H,4-12H2,1-3H3/b17-13+,27-23-. The summed E-state index contributed by atoms with van der Waals surface area (Å²) >= 11 is 0. The predicted octanol–water partition coefficient (Wildman–Crippen LogP) is 4.90. The van der Waals surface area contributed by atoms with E-state index in [0.717, 1.165) is 48.8 Å². The number of esters is 1. The highest BCUT2D eigenvalue weighted by Gasteiger charge is 2.37. The van der Waals surface area contributed by atoms with E-state index in [1.165, 1.54) is 36.5 Å². The average Bonchev–Trinajstić information content (AvgIpc) is 2.76. The highest BCUT2D eigenvalue weighted by Crippen LogP contribution is 2.43. The van der Waals surface area contributed by atoms with Crippen molar-refractivity contribution in [2.24, 2.45) is 5.10 Å². The fourth-order valence-electron chi connectivity index (χ4n) is 4.68. The second-order valence-corrected chi connectivity index (χ2v) is 8.57. The number of fused-ring (bicyclic) bond motifs is 2. The van der Waals surface area contributed by atoms with E-state index in [-0.39, 0.29) is 5.60 Å². The SMILES string of the molecule is CCOC(=O)/C=C(\C)N/N=c1/cc(CC)c2cc3c(cc2o1)OC1(CCCCC1)CC3.